The number of carbonyl (C=O) groups excluding carboxylic acids is 1. The van der Waals surface area contributed by atoms with E-state index < -0.39 is 12.0 Å². The second-order valence-electron chi connectivity index (χ2n) is 6.37. The van der Waals surface area contributed by atoms with Crippen molar-refractivity contribution in [1.29, 1.82) is 0 Å². The van der Waals surface area contributed by atoms with E-state index in [9.17, 15) is 14.7 Å². The number of imidazole rings is 1. The fourth-order valence-corrected chi connectivity index (χ4v) is 3.01. The first kappa shape index (κ1) is 17.9. The number of benzene rings is 1. The van der Waals surface area contributed by atoms with Crippen molar-refractivity contribution in [1.82, 2.24) is 25.1 Å². The summed E-state index contributed by atoms with van der Waals surface area (Å²) in [6.07, 6.45) is 3.22. The van der Waals surface area contributed by atoms with Gasteiger partial charge in [-0.05, 0) is 5.56 Å². The van der Waals surface area contributed by atoms with Gasteiger partial charge in [0.05, 0.1) is 6.33 Å². The van der Waals surface area contributed by atoms with E-state index in [-0.39, 0.29) is 12.5 Å². The molecule has 0 bridgehead atoms. The molecule has 8 heteroatoms. The Labute approximate surface area is 151 Å². The summed E-state index contributed by atoms with van der Waals surface area (Å²) in [6.45, 7) is 3.54. The van der Waals surface area contributed by atoms with E-state index in [2.05, 4.69) is 32.3 Å². The summed E-state index contributed by atoms with van der Waals surface area (Å²) in [5.74, 6) is -1.06. The molecule has 0 aliphatic carbocycles. The van der Waals surface area contributed by atoms with E-state index in [0.717, 1.165) is 19.6 Å². The number of nitrogens with zero attached hydrogens (tertiary/aromatic N) is 3. The number of nitrogens with one attached hydrogen (secondary N) is 2. The number of hydrogen-bond donors (Lipinski definition) is 3. The molecule has 2 heterocycles. The van der Waals surface area contributed by atoms with Crippen LogP contribution in [0.1, 0.15) is 11.3 Å². The average molecular weight is 357 g/mol. The number of urea groups is 1. The van der Waals surface area contributed by atoms with Crippen LogP contribution in [-0.4, -0.2) is 69.1 Å². The molecule has 1 unspecified atom stereocenters. The Morgan fingerprint density at radius 2 is 1.92 bits per heavy atom. The second-order valence-corrected chi connectivity index (χ2v) is 6.37. The van der Waals surface area contributed by atoms with Gasteiger partial charge in [-0.1, -0.05) is 30.3 Å². The zero-order chi connectivity index (χ0) is 18.4. The lowest BCUT2D eigenvalue weighted by molar-refractivity contribution is -0.139. The average Bonchev–Trinajstić information content (AvgIpc) is 3.15. The summed E-state index contributed by atoms with van der Waals surface area (Å²) in [5.41, 5.74) is 1.92. The summed E-state index contributed by atoms with van der Waals surface area (Å²) in [6, 6.07) is 8.89. The molecule has 0 saturated carbocycles. The molecule has 1 aromatic heterocycles. The molecule has 8 nitrogen and oxygen atoms in total. The van der Waals surface area contributed by atoms with Crippen molar-refractivity contribution in [2.75, 3.05) is 26.2 Å². The Balaban J connectivity index is 1.48. The monoisotopic (exact) mass is 357 g/mol. The number of hydrogen-bond acceptors (Lipinski definition) is 4. The zero-order valence-corrected chi connectivity index (χ0v) is 14.5. The Morgan fingerprint density at radius 1 is 1.19 bits per heavy atom. The van der Waals surface area contributed by atoms with Crippen LogP contribution in [0.3, 0.4) is 0 Å². The maximum atomic E-state index is 12.4. The van der Waals surface area contributed by atoms with Crippen LogP contribution < -0.4 is 5.32 Å². The fourth-order valence-electron chi connectivity index (χ4n) is 3.01. The molecule has 1 aromatic carbocycles. The highest BCUT2D eigenvalue weighted by Gasteiger charge is 2.26. The third-order valence-corrected chi connectivity index (χ3v) is 4.48. The van der Waals surface area contributed by atoms with Crippen LogP contribution in [0.25, 0.3) is 0 Å². The zero-order valence-electron chi connectivity index (χ0n) is 14.5. The molecular weight excluding hydrogens is 334 g/mol. The Kier molecular flexibility index (Phi) is 5.85. The van der Waals surface area contributed by atoms with E-state index in [4.69, 9.17) is 0 Å². The van der Waals surface area contributed by atoms with Gasteiger partial charge in [0.15, 0.2) is 0 Å². The van der Waals surface area contributed by atoms with Crippen LogP contribution in [0.2, 0.25) is 0 Å². The van der Waals surface area contributed by atoms with Crippen molar-refractivity contribution in [2.24, 2.45) is 0 Å². The fraction of sp³-hybridized carbons (Fsp3) is 0.389. The Hall–Kier alpha value is -2.87. The summed E-state index contributed by atoms with van der Waals surface area (Å²) in [4.78, 5) is 34.5. The van der Waals surface area contributed by atoms with E-state index in [1.807, 2.05) is 18.2 Å². The van der Waals surface area contributed by atoms with Crippen molar-refractivity contribution in [3.63, 3.8) is 0 Å². The molecule has 0 spiro atoms. The van der Waals surface area contributed by atoms with Crippen molar-refractivity contribution in [3.05, 3.63) is 54.1 Å². The minimum Gasteiger partial charge on any atom is -0.480 e. The number of aromatic amines is 1. The lowest BCUT2D eigenvalue weighted by Crippen LogP contribution is -2.54. The van der Waals surface area contributed by atoms with Gasteiger partial charge in [-0.3, -0.25) is 4.90 Å². The van der Waals surface area contributed by atoms with E-state index in [0.29, 0.717) is 18.8 Å². The largest absolute Gasteiger partial charge is 0.480 e. The van der Waals surface area contributed by atoms with Gasteiger partial charge in [-0.15, -0.1) is 0 Å². The first-order valence-electron chi connectivity index (χ1n) is 8.63. The van der Waals surface area contributed by atoms with Crippen LogP contribution in [0, 0.1) is 0 Å². The molecule has 3 N–H and O–H groups in total. The van der Waals surface area contributed by atoms with E-state index in [1.165, 1.54) is 11.9 Å². The lowest BCUT2D eigenvalue weighted by atomic mass is 10.1. The summed E-state index contributed by atoms with van der Waals surface area (Å²) in [7, 11) is 0. The number of carboxylic acid groups (broad SMARTS) is 1. The lowest BCUT2D eigenvalue weighted by Gasteiger charge is -2.35. The van der Waals surface area contributed by atoms with Gasteiger partial charge in [0, 0.05) is 51.0 Å². The number of amides is 2. The first-order chi connectivity index (χ1) is 12.6. The van der Waals surface area contributed by atoms with E-state index >= 15 is 0 Å². The van der Waals surface area contributed by atoms with Crippen molar-refractivity contribution in [3.8, 4) is 0 Å². The smallest absolute Gasteiger partial charge is 0.326 e. The number of piperazine rings is 1. The molecule has 26 heavy (non-hydrogen) atoms. The normalized spacial score (nSPS) is 16.2. The number of aromatic nitrogens is 2. The minimum atomic E-state index is -1.06. The van der Waals surface area contributed by atoms with Crippen molar-refractivity contribution in [2.45, 2.75) is 19.0 Å². The molecule has 138 valence electrons. The van der Waals surface area contributed by atoms with Crippen molar-refractivity contribution < 1.29 is 14.7 Å². The van der Waals surface area contributed by atoms with Gasteiger partial charge < -0.3 is 20.3 Å². The highest BCUT2D eigenvalue weighted by atomic mass is 16.4. The van der Waals surface area contributed by atoms with Gasteiger partial charge in [0.25, 0.3) is 0 Å². The third-order valence-electron chi connectivity index (χ3n) is 4.48. The van der Waals surface area contributed by atoms with Crippen molar-refractivity contribution >= 4 is 12.0 Å². The summed E-state index contributed by atoms with van der Waals surface area (Å²) < 4.78 is 0. The minimum absolute atomic E-state index is 0.176. The summed E-state index contributed by atoms with van der Waals surface area (Å²) in [5, 5.41) is 12.0. The highest BCUT2D eigenvalue weighted by molar-refractivity contribution is 5.82. The predicted molar refractivity (Wildman–Crippen MR) is 95.5 cm³/mol. The van der Waals surface area contributed by atoms with Crippen LogP contribution in [0.15, 0.2) is 42.9 Å². The second kappa shape index (κ2) is 8.48. The number of carbonyl (C=O) groups is 2. The molecule has 2 aromatic rings. The molecule has 3 rings (SSSR count). The van der Waals surface area contributed by atoms with Gasteiger partial charge in [0.1, 0.15) is 6.04 Å². The predicted octanol–water partition coefficient (Wildman–Crippen LogP) is 0.933. The van der Waals surface area contributed by atoms with Gasteiger partial charge in [0.2, 0.25) is 0 Å². The molecule has 1 aliphatic rings. The molecule has 1 saturated heterocycles. The quantitative estimate of drug-likeness (QED) is 0.714. The maximum absolute atomic E-state index is 12.4. The van der Waals surface area contributed by atoms with Gasteiger partial charge in [-0.25, -0.2) is 14.6 Å². The van der Waals surface area contributed by atoms with Crippen LogP contribution in [0.4, 0.5) is 4.79 Å². The molecular formula is C18H23N5O3. The highest BCUT2D eigenvalue weighted by Crippen LogP contribution is 2.09. The molecule has 2 amide bonds. The topological polar surface area (TPSA) is 102 Å². The van der Waals surface area contributed by atoms with Crippen LogP contribution in [0.5, 0.6) is 0 Å². The Morgan fingerprint density at radius 3 is 2.54 bits per heavy atom. The molecule has 1 atom stereocenters. The summed E-state index contributed by atoms with van der Waals surface area (Å²) >= 11 is 0. The first-order valence-corrected chi connectivity index (χ1v) is 8.63. The van der Waals surface area contributed by atoms with Crippen LogP contribution >= 0.6 is 0 Å². The number of aliphatic carboxylic acids is 1. The van der Waals surface area contributed by atoms with Gasteiger partial charge >= 0.3 is 12.0 Å². The SMILES string of the molecule is O=C(O)C(Cc1cnc[nH]1)NC(=O)N1CCN(Cc2ccccc2)CC1. The number of rotatable bonds is 6. The number of H-pyrrole nitrogens is 1. The maximum Gasteiger partial charge on any atom is 0.326 e. The molecule has 0 radical (unpaired) electrons. The third kappa shape index (κ3) is 4.82. The number of carboxylic acids is 1. The Bertz CT molecular complexity index is 712. The van der Waals surface area contributed by atoms with Gasteiger partial charge in [-0.2, -0.15) is 0 Å². The molecule has 1 fully saturated rings. The molecule has 1 aliphatic heterocycles. The van der Waals surface area contributed by atoms with Crippen LogP contribution in [-0.2, 0) is 17.8 Å². The standard InChI is InChI=1S/C18H23N5O3/c24-17(25)16(10-15-11-19-13-20-15)21-18(26)23-8-6-22(7-9-23)12-14-4-2-1-3-5-14/h1-5,11,13,16H,6-10,12H2,(H,19,20)(H,21,26)(H,24,25). The van der Waals surface area contributed by atoms with E-state index in [1.54, 1.807) is 11.1 Å².